The topological polar surface area (TPSA) is 88.5 Å². The van der Waals surface area contributed by atoms with Crippen LogP contribution >= 0.6 is 0 Å². The molecule has 0 aliphatic rings. The summed E-state index contributed by atoms with van der Waals surface area (Å²) in [6.07, 6.45) is 3.67. The van der Waals surface area contributed by atoms with Crippen LogP contribution in [0.1, 0.15) is 11.1 Å². The first kappa shape index (κ1) is 17.9. The van der Waals surface area contributed by atoms with Crippen LogP contribution in [-0.2, 0) is 13.1 Å². The summed E-state index contributed by atoms with van der Waals surface area (Å²) in [7, 11) is 0. The van der Waals surface area contributed by atoms with Crippen molar-refractivity contribution in [2.75, 3.05) is 0 Å². The van der Waals surface area contributed by atoms with Crippen LogP contribution in [0.2, 0.25) is 0 Å². The van der Waals surface area contributed by atoms with Crippen LogP contribution in [-0.4, -0.2) is 24.3 Å². The van der Waals surface area contributed by atoms with Crippen molar-refractivity contribution in [3.05, 3.63) is 111 Å². The fourth-order valence-corrected chi connectivity index (χ4v) is 3.60. The predicted molar refractivity (Wildman–Crippen MR) is 115 cm³/mol. The number of aromatic amines is 2. The standard InChI is InChI=1S/C23H19N5O2/c29-22-21-20(28(23(30)26-22)14-17-9-5-2-6-10-17)11-19(25-21)18-12-24-27(15-18)13-16-7-3-1-4-8-16/h1-12,15,25H,13-14H2,(H,26,29,30). The van der Waals surface area contributed by atoms with E-state index in [1.165, 1.54) is 0 Å². The van der Waals surface area contributed by atoms with Gasteiger partial charge < -0.3 is 4.98 Å². The van der Waals surface area contributed by atoms with Crippen molar-refractivity contribution in [2.24, 2.45) is 0 Å². The maximum absolute atomic E-state index is 12.5. The first-order chi connectivity index (χ1) is 14.7. The van der Waals surface area contributed by atoms with Crippen molar-refractivity contribution in [1.29, 1.82) is 0 Å². The third kappa shape index (κ3) is 3.37. The van der Waals surface area contributed by atoms with Gasteiger partial charge in [-0.3, -0.25) is 19.0 Å². The summed E-state index contributed by atoms with van der Waals surface area (Å²) < 4.78 is 3.41. The molecule has 0 unspecified atom stereocenters. The van der Waals surface area contributed by atoms with E-state index in [9.17, 15) is 9.59 Å². The molecular weight excluding hydrogens is 378 g/mol. The second-order valence-corrected chi connectivity index (χ2v) is 7.19. The molecule has 5 aromatic rings. The average Bonchev–Trinajstić information content (AvgIpc) is 3.40. The van der Waals surface area contributed by atoms with Gasteiger partial charge in [-0.1, -0.05) is 60.7 Å². The van der Waals surface area contributed by atoms with Crippen LogP contribution in [0.4, 0.5) is 0 Å². The molecule has 0 amide bonds. The largest absolute Gasteiger partial charge is 0.349 e. The van der Waals surface area contributed by atoms with Gasteiger partial charge in [0.25, 0.3) is 5.56 Å². The lowest BCUT2D eigenvalue weighted by atomic mass is 10.2. The Kier molecular flexibility index (Phi) is 4.40. The molecule has 0 atom stereocenters. The highest BCUT2D eigenvalue weighted by Crippen LogP contribution is 2.22. The molecule has 2 aromatic carbocycles. The Bertz CT molecular complexity index is 1430. The number of benzene rings is 2. The Hall–Kier alpha value is -4.13. The zero-order valence-corrected chi connectivity index (χ0v) is 16.1. The van der Waals surface area contributed by atoms with E-state index in [0.717, 1.165) is 22.4 Å². The van der Waals surface area contributed by atoms with E-state index in [0.29, 0.717) is 24.1 Å². The van der Waals surface area contributed by atoms with Crippen molar-refractivity contribution in [3.63, 3.8) is 0 Å². The van der Waals surface area contributed by atoms with Crippen LogP contribution in [0.25, 0.3) is 22.3 Å². The lowest BCUT2D eigenvalue weighted by molar-refractivity contribution is 0.687. The molecule has 5 rings (SSSR count). The molecule has 0 aliphatic heterocycles. The minimum Gasteiger partial charge on any atom is -0.349 e. The van der Waals surface area contributed by atoms with Gasteiger partial charge in [-0.25, -0.2) is 4.79 Å². The fourth-order valence-electron chi connectivity index (χ4n) is 3.60. The molecule has 7 heteroatoms. The maximum Gasteiger partial charge on any atom is 0.329 e. The number of H-pyrrole nitrogens is 2. The first-order valence-corrected chi connectivity index (χ1v) is 9.64. The number of nitrogens with zero attached hydrogens (tertiary/aromatic N) is 3. The van der Waals surface area contributed by atoms with Crippen molar-refractivity contribution < 1.29 is 0 Å². The molecule has 30 heavy (non-hydrogen) atoms. The summed E-state index contributed by atoms with van der Waals surface area (Å²) in [4.78, 5) is 30.4. The van der Waals surface area contributed by atoms with Crippen LogP contribution in [0.5, 0.6) is 0 Å². The Balaban J connectivity index is 1.54. The molecule has 0 fully saturated rings. The van der Waals surface area contributed by atoms with Crippen molar-refractivity contribution in [1.82, 2.24) is 24.3 Å². The highest BCUT2D eigenvalue weighted by Gasteiger charge is 2.14. The van der Waals surface area contributed by atoms with Gasteiger partial charge in [0.1, 0.15) is 5.52 Å². The molecule has 0 radical (unpaired) electrons. The third-order valence-electron chi connectivity index (χ3n) is 5.10. The fraction of sp³-hybridized carbons (Fsp3) is 0.0870. The average molecular weight is 397 g/mol. The van der Waals surface area contributed by atoms with Gasteiger partial charge in [-0.05, 0) is 17.2 Å². The number of hydrogen-bond acceptors (Lipinski definition) is 3. The predicted octanol–water partition coefficient (Wildman–Crippen LogP) is 2.98. The van der Waals surface area contributed by atoms with Crippen LogP contribution in [0, 0.1) is 0 Å². The Morgan fingerprint density at radius 1 is 0.833 bits per heavy atom. The number of nitrogens with one attached hydrogen (secondary N) is 2. The van der Waals surface area contributed by atoms with Crippen LogP contribution in [0.15, 0.2) is 88.7 Å². The van der Waals surface area contributed by atoms with E-state index in [-0.39, 0.29) is 0 Å². The number of aromatic nitrogens is 5. The van der Waals surface area contributed by atoms with E-state index < -0.39 is 11.2 Å². The third-order valence-corrected chi connectivity index (χ3v) is 5.10. The Morgan fingerprint density at radius 2 is 1.50 bits per heavy atom. The molecule has 0 saturated heterocycles. The highest BCUT2D eigenvalue weighted by atomic mass is 16.2. The molecule has 0 spiro atoms. The van der Waals surface area contributed by atoms with Crippen molar-refractivity contribution >= 4 is 11.0 Å². The van der Waals surface area contributed by atoms with Gasteiger partial charge >= 0.3 is 5.69 Å². The first-order valence-electron chi connectivity index (χ1n) is 9.64. The zero-order valence-electron chi connectivity index (χ0n) is 16.1. The normalized spacial score (nSPS) is 11.2. The van der Waals surface area contributed by atoms with Gasteiger partial charge in [0.2, 0.25) is 0 Å². The molecule has 3 aromatic heterocycles. The minimum atomic E-state index is -0.429. The lowest BCUT2D eigenvalue weighted by Gasteiger charge is -2.06. The number of fused-ring (bicyclic) bond motifs is 1. The highest BCUT2D eigenvalue weighted by molar-refractivity contribution is 5.82. The summed E-state index contributed by atoms with van der Waals surface area (Å²) in [5.74, 6) is 0. The van der Waals surface area contributed by atoms with Crippen LogP contribution < -0.4 is 11.2 Å². The molecule has 0 bridgehead atoms. The number of rotatable bonds is 5. The van der Waals surface area contributed by atoms with E-state index in [4.69, 9.17) is 0 Å². The van der Waals surface area contributed by atoms with Gasteiger partial charge in [-0.15, -0.1) is 0 Å². The monoisotopic (exact) mass is 397 g/mol. The number of hydrogen-bond donors (Lipinski definition) is 2. The van der Waals surface area contributed by atoms with Crippen molar-refractivity contribution in [2.45, 2.75) is 13.1 Å². The second kappa shape index (κ2) is 7.36. The van der Waals surface area contributed by atoms with Gasteiger partial charge in [0.15, 0.2) is 0 Å². The Labute approximate surface area is 171 Å². The minimum absolute atomic E-state index is 0.372. The quantitative estimate of drug-likeness (QED) is 0.478. The summed E-state index contributed by atoms with van der Waals surface area (Å²) in [6, 6.07) is 21.6. The maximum atomic E-state index is 12.5. The van der Waals surface area contributed by atoms with Crippen molar-refractivity contribution in [3.8, 4) is 11.3 Å². The molecule has 148 valence electrons. The summed E-state index contributed by atoms with van der Waals surface area (Å²) >= 11 is 0. The van der Waals surface area contributed by atoms with E-state index in [2.05, 4.69) is 15.1 Å². The summed E-state index contributed by atoms with van der Waals surface area (Å²) in [5.41, 5.74) is 3.80. The molecule has 0 aliphatic carbocycles. The van der Waals surface area contributed by atoms with Crippen LogP contribution in [0.3, 0.4) is 0 Å². The van der Waals surface area contributed by atoms with E-state index in [1.54, 1.807) is 10.8 Å². The van der Waals surface area contributed by atoms with Gasteiger partial charge in [0.05, 0.1) is 30.5 Å². The van der Waals surface area contributed by atoms with Gasteiger partial charge in [-0.2, -0.15) is 5.10 Å². The molecule has 7 nitrogen and oxygen atoms in total. The van der Waals surface area contributed by atoms with E-state index >= 15 is 0 Å². The smallest absolute Gasteiger partial charge is 0.329 e. The van der Waals surface area contributed by atoms with E-state index in [1.807, 2.05) is 77.6 Å². The second-order valence-electron chi connectivity index (χ2n) is 7.19. The zero-order chi connectivity index (χ0) is 20.5. The van der Waals surface area contributed by atoms with Gasteiger partial charge in [0, 0.05) is 11.8 Å². The lowest BCUT2D eigenvalue weighted by Crippen LogP contribution is -2.30. The Morgan fingerprint density at radius 3 is 2.20 bits per heavy atom. The molecular formula is C23H19N5O2. The molecule has 2 N–H and O–H groups in total. The summed E-state index contributed by atoms with van der Waals surface area (Å²) in [5, 5.41) is 4.43. The summed E-state index contributed by atoms with van der Waals surface area (Å²) in [6.45, 7) is 1.03. The molecule has 0 saturated carbocycles. The molecule has 3 heterocycles. The SMILES string of the molecule is O=c1[nH]c(=O)n(Cc2ccccc2)c2cc(-c3cnn(Cc4ccccc4)c3)[nH]c12.